The summed E-state index contributed by atoms with van der Waals surface area (Å²) < 4.78 is 2.20. The Balaban J connectivity index is 1.57. The van der Waals surface area contributed by atoms with Crippen LogP contribution in [0.5, 0.6) is 0 Å². The maximum atomic E-state index is 12.1. The molecular weight excluding hydrogens is 306 g/mol. The minimum atomic E-state index is -0.0147. The van der Waals surface area contributed by atoms with Crippen molar-refractivity contribution >= 4 is 21.6 Å². The molecule has 0 spiro atoms. The highest BCUT2D eigenvalue weighted by Crippen LogP contribution is 2.33. The van der Waals surface area contributed by atoms with Gasteiger partial charge in [-0.05, 0) is 53.4 Å². The third-order valence-electron chi connectivity index (χ3n) is 3.91. The summed E-state index contributed by atoms with van der Waals surface area (Å²) >= 11 is 3.40. The van der Waals surface area contributed by atoms with Gasteiger partial charge in [-0.15, -0.1) is 0 Å². The minimum absolute atomic E-state index is 0.0147. The number of hydrogen-bond donors (Lipinski definition) is 1. The summed E-state index contributed by atoms with van der Waals surface area (Å²) in [5.74, 6) is 1.63. The van der Waals surface area contributed by atoms with Crippen LogP contribution in [0.15, 0.2) is 15.5 Å². The molecule has 2 aliphatic rings. The second kappa shape index (κ2) is 5.65. The van der Waals surface area contributed by atoms with E-state index in [0.717, 1.165) is 24.7 Å². The smallest absolute Gasteiger partial charge is 0.283 e. The standard InChI is InChI=1S/C14H20BrN3O/c15-13-12(16-7-1-2-10-3-4-10)8-17-18(14(13)19)9-11-5-6-11/h8,10-11,16H,1-7,9H2. The highest BCUT2D eigenvalue weighted by atomic mass is 79.9. The lowest BCUT2D eigenvalue weighted by molar-refractivity contribution is 0.531. The molecule has 2 saturated carbocycles. The van der Waals surface area contributed by atoms with Gasteiger partial charge in [-0.2, -0.15) is 5.10 Å². The Bertz CT molecular complexity index is 506. The van der Waals surface area contributed by atoms with E-state index < -0.39 is 0 Å². The second-order valence-corrected chi connectivity index (χ2v) is 6.61. The normalized spacial score (nSPS) is 18.6. The van der Waals surface area contributed by atoms with Gasteiger partial charge in [0.2, 0.25) is 0 Å². The molecule has 0 radical (unpaired) electrons. The first-order valence-corrected chi connectivity index (χ1v) is 8.03. The van der Waals surface area contributed by atoms with Crippen molar-refractivity contribution in [3.05, 3.63) is 21.0 Å². The van der Waals surface area contributed by atoms with Crippen LogP contribution in [0.25, 0.3) is 0 Å². The van der Waals surface area contributed by atoms with Gasteiger partial charge >= 0.3 is 0 Å². The quantitative estimate of drug-likeness (QED) is 0.784. The fourth-order valence-electron chi connectivity index (χ4n) is 2.28. The predicted molar refractivity (Wildman–Crippen MR) is 79.4 cm³/mol. The number of aromatic nitrogens is 2. The van der Waals surface area contributed by atoms with Crippen molar-refractivity contribution in [2.75, 3.05) is 11.9 Å². The van der Waals surface area contributed by atoms with Gasteiger partial charge in [0, 0.05) is 13.1 Å². The van der Waals surface area contributed by atoms with Gasteiger partial charge in [0.1, 0.15) is 4.47 Å². The Hall–Kier alpha value is -0.840. The molecule has 104 valence electrons. The van der Waals surface area contributed by atoms with E-state index in [4.69, 9.17) is 0 Å². The number of nitrogens with one attached hydrogen (secondary N) is 1. The van der Waals surface area contributed by atoms with E-state index in [1.165, 1.54) is 38.5 Å². The lowest BCUT2D eigenvalue weighted by atomic mass is 10.2. The van der Waals surface area contributed by atoms with Gasteiger partial charge < -0.3 is 5.32 Å². The first-order chi connectivity index (χ1) is 9.24. The topological polar surface area (TPSA) is 46.9 Å². The molecule has 4 nitrogen and oxygen atoms in total. The monoisotopic (exact) mass is 325 g/mol. The van der Waals surface area contributed by atoms with Crippen LogP contribution >= 0.6 is 15.9 Å². The summed E-state index contributed by atoms with van der Waals surface area (Å²) in [6.07, 6.45) is 9.51. The molecule has 2 aliphatic carbocycles. The lowest BCUT2D eigenvalue weighted by Gasteiger charge is -2.10. The second-order valence-electron chi connectivity index (χ2n) is 5.82. The fourth-order valence-corrected chi connectivity index (χ4v) is 2.73. The fraction of sp³-hybridized carbons (Fsp3) is 0.714. The molecule has 1 aromatic rings. The molecule has 2 fully saturated rings. The number of nitrogens with zero attached hydrogens (tertiary/aromatic N) is 2. The minimum Gasteiger partial charge on any atom is -0.383 e. The molecular formula is C14H20BrN3O. The molecule has 1 aromatic heterocycles. The third kappa shape index (κ3) is 3.59. The van der Waals surface area contributed by atoms with Crippen LogP contribution in [-0.4, -0.2) is 16.3 Å². The summed E-state index contributed by atoms with van der Waals surface area (Å²) in [5.41, 5.74) is 0.812. The van der Waals surface area contributed by atoms with E-state index >= 15 is 0 Å². The van der Waals surface area contributed by atoms with Crippen molar-refractivity contribution in [2.45, 2.75) is 45.1 Å². The van der Waals surface area contributed by atoms with E-state index in [2.05, 4.69) is 26.3 Å². The van der Waals surface area contributed by atoms with Gasteiger partial charge in [-0.1, -0.05) is 12.8 Å². The van der Waals surface area contributed by atoms with Crippen LogP contribution in [0.3, 0.4) is 0 Å². The van der Waals surface area contributed by atoms with Crippen LogP contribution < -0.4 is 10.9 Å². The number of rotatable bonds is 7. The number of anilines is 1. The van der Waals surface area contributed by atoms with Gasteiger partial charge in [0.05, 0.1) is 11.9 Å². The molecule has 0 saturated heterocycles. The van der Waals surface area contributed by atoms with Crippen LogP contribution in [0.2, 0.25) is 0 Å². The van der Waals surface area contributed by atoms with Gasteiger partial charge in [-0.3, -0.25) is 4.79 Å². The molecule has 0 aliphatic heterocycles. The first kappa shape index (κ1) is 13.2. The highest BCUT2D eigenvalue weighted by Gasteiger charge is 2.23. The average molecular weight is 326 g/mol. The van der Waals surface area contributed by atoms with E-state index in [-0.39, 0.29) is 5.56 Å². The largest absolute Gasteiger partial charge is 0.383 e. The zero-order valence-corrected chi connectivity index (χ0v) is 12.7. The van der Waals surface area contributed by atoms with Crippen molar-refractivity contribution in [3.63, 3.8) is 0 Å². The number of halogens is 1. The lowest BCUT2D eigenvalue weighted by Crippen LogP contribution is -2.25. The van der Waals surface area contributed by atoms with E-state index in [0.29, 0.717) is 10.4 Å². The van der Waals surface area contributed by atoms with Crippen LogP contribution in [-0.2, 0) is 6.54 Å². The van der Waals surface area contributed by atoms with Crippen molar-refractivity contribution in [2.24, 2.45) is 11.8 Å². The zero-order valence-electron chi connectivity index (χ0n) is 11.1. The summed E-state index contributed by atoms with van der Waals surface area (Å²) in [6, 6.07) is 0. The van der Waals surface area contributed by atoms with E-state index in [1.54, 1.807) is 10.9 Å². The maximum Gasteiger partial charge on any atom is 0.283 e. The van der Waals surface area contributed by atoms with E-state index in [1.807, 2.05) is 0 Å². The summed E-state index contributed by atoms with van der Waals surface area (Å²) in [5, 5.41) is 7.57. The Labute approximate surface area is 121 Å². The number of hydrogen-bond acceptors (Lipinski definition) is 3. The van der Waals surface area contributed by atoms with E-state index in [9.17, 15) is 4.79 Å². The molecule has 19 heavy (non-hydrogen) atoms. The maximum absolute atomic E-state index is 12.1. The molecule has 0 aromatic carbocycles. The average Bonchev–Trinajstić information content (AvgIpc) is 3.27. The van der Waals surface area contributed by atoms with Gasteiger partial charge in [-0.25, -0.2) is 4.68 Å². The first-order valence-electron chi connectivity index (χ1n) is 7.23. The highest BCUT2D eigenvalue weighted by molar-refractivity contribution is 9.10. The molecule has 3 rings (SSSR count). The zero-order chi connectivity index (χ0) is 13.2. The Morgan fingerprint density at radius 3 is 2.74 bits per heavy atom. The molecule has 0 amide bonds. The van der Waals surface area contributed by atoms with Gasteiger partial charge in [0.15, 0.2) is 0 Å². The molecule has 0 atom stereocenters. The van der Waals surface area contributed by atoms with Crippen molar-refractivity contribution in [1.82, 2.24) is 9.78 Å². The van der Waals surface area contributed by atoms with Crippen LogP contribution in [0.1, 0.15) is 38.5 Å². The summed E-state index contributed by atoms with van der Waals surface area (Å²) in [7, 11) is 0. The molecule has 1 N–H and O–H groups in total. The summed E-state index contributed by atoms with van der Waals surface area (Å²) in [6.45, 7) is 1.68. The molecule has 0 unspecified atom stereocenters. The molecule has 0 bridgehead atoms. The third-order valence-corrected chi connectivity index (χ3v) is 4.68. The SMILES string of the molecule is O=c1c(Br)c(NCCCC2CC2)cnn1CC1CC1. The Kier molecular flexibility index (Phi) is 3.91. The summed E-state index contributed by atoms with van der Waals surface area (Å²) in [4.78, 5) is 12.1. The molecule has 5 heteroatoms. The molecule has 1 heterocycles. The van der Waals surface area contributed by atoms with Crippen molar-refractivity contribution < 1.29 is 0 Å². The van der Waals surface area contributed by atoms with Crippen molar-refractivity contribution in [3.8, 4) is 0 Å². The van der Waals surface area contributed by atoms with Gasteiger partial charge in [0.25, 0.3) is 5.56 Å². The Morgan fingerprint density at radius 1 is 1.32 bits per heavy atom. The Morgan fingerprint density at radius 2 is 2.05 bits per heavy atom. The van der Waals surface area contributed by atoms with Crippen LogP contribution in [0, 0.1) is 11.8 Å². The van der Waals surface area contributed by atoms with Crippen molar-refractivity contribution in [1.29, 1.82) is 0 Å². The predicted octanol–water partition coefficient (Wildman–Crippen LogP) is 3.02. The van der Waals surface area contributed by atoms with Crippen LogP contribution in [0.4, 0.5) is 5.69 Å².